The lowest BCUT2D eigenvalue weighted by molar-refractivity contribution is -0.136. The van der Waals surface area contributed by atoms with Crippen molar-refractivity contribution in [1.29, 1.82) is 0 Å². The normalized spacial score (nSPS) is 16.4. The average molecular weight is 441 g/mol. The zero-order valence-corrected chi connectivity index (χ0v) is 18.5. The van der Waals surface area contributed by atoms with Crippen LogP contribution in [0.15, 0.2) is 72.3 Å². The van der Waals surface area contributed by atoms with E-state index in [1.807, 2.05) is 41.4 Å². The fourth-order valence-corrected chi connectivity index (χ4v) is 5.68. The summed E-state index contributed by atoms with van der Waals surface area (Å²) in [5.74, 6) is -0.993. The molecule has 0 aromatic heterocycles. The number of benzene rings is 2. The van der Waals surface area contributed by atoms with Gasteiger partial charge in [-0.2, -0.15) is 0 Å². The minimum Gasteiger partial charge on any atom is -0.481 e. The summed E-state index contributed by atoms with van der Waals surface area (Å²) in [6.45, 7) is 8.10. The van der Waals surface area contributed by atoms with E-state index in [1.54, 1.807) is 19.1 Å². The van der Waals surface area contributed by atoms with Crippen molar-refractivity contribution in [2.45, 2.75) is 23.6 Å². The number of rotatable bonds is 8. The van der Waals surface area contributed by atoms with Crippen molar-refractivity contribution < 1.29 is 18.3 Å². The average Bonchev–Trinajstić information content (AvgIpc) is 2.75. The van der Waals surface area contributed by atoms with E-state index in [0.29, 0.717) is 37.3 Å². The molecule has 0 spiro atoms. The second-order valence-corrected chi connectivity index (χ2v) is 9.65. The first-order valence-electron chi connectivity index (χ1n) is 10.2. The van der Waals surface area contributed by atoms with Crippen molar-refractivity contribution in [3.63, 3.8) is 0 Å². The van der Waals surface area contributed by atoms with E-state index in [2.05, 4.69) is 17.6 Å². The summed E-state index contributed by atoms with van der Waals surface area (Å²) < 4.78 is 26.9. The largest absolute Gasteiger partial charge is 0.481 e. The van der Waals surface area contributed by atoms with E-state index in [0.717, 1.165) is 5.56 Å². The third kappa shape index (κ3) is 5.62. The summed E-state index contributed by atoms with van der Waals surface area (Å²) in [7, 11) is -3.73. The van der Waals surface area contributed by atoms with Crippen LogP contribution in [0, 0.1) is 6.92 Å². The van der Waals surface area contributed by atoms with Crippen LogP contribution >= 0.6 is 0 Å². The van der Waals surface area contributed by atoms with Crippen molar-refractivity contribution in [3.05, 3.63) is 84.1 Å². The van der Waals surface area contributed by atoms with Gasteiger partial charge in [0.2, 0.25) is 0 Å². The van der Waals surface area contributed by atoms with E-state index in [1.165, 1.54) is 12.1 Å². The van der Waals surface area contributed by atoms with Crippen molar-refractivity contribution in [2.24, 2.45) is 0 Å². The van der Waals surface area contributed by atoms with Gasteiger partial charge >= 0.3 is 5.97 Å². The minimum absolute atomic E-state index is 0.169. The molecule has 3 rings (SSSR count). The van der Waals surface area contributed by atoms with Crippen molar-refractivity contribution in [2.75, 3.05) is 26.2 Å². The number of carboxylic acid groups (broad SMARTS) is 1. The van der Waals surface area contributed by atoms with Gasteiger partial charge in [-0.25, -0.2) is 8.42 Å². The molecule has 0 bridgehead atoms. The van der Waals surface area contributed by atoms with Gasteiger partial charge in [0.15, 0.2) is 9.84 Å². The first kappa shape index (κ1) is 22.8. The molecule has 2 aromatic carbocycles. The molecule has 164 valence electrons. The summed E-state index contributed by atoms with van der Waals surface area (Å²) in [5.41, 5.74) is 2.19. The third-order valence-corrected chi connectivity index (χ3v) is 7.60. The maximum absolute atomic E-state index is 13.4. The number of carboxylic acids is 1. The van der Waals surface area contributed by atoms with Crippen LogP contribution in [0.25, 0.3) is 6.08 Å². The van der Waals surface area contributed by atoms with Crippen LogP contribution in [0.1, 0.15) is 16.7 Å². The molecule has 1 N–H and O–H groups in total. The van der Waals surface area contributed by atoms with Crippen molar-refractivity contribution in [1.82, 2.24) is 9.80 Å². The van der Waals surface area contributed by atoms with Crippen LogP contribution in [0.5, 0.6) is 0 Å². The number of aryl methyl sites for hydroxylation is 1. The Kier molecular flexibility index (Phi) is 7.30. The molecule has 6 nitrogen and oxygen atoms in total. The fraction of sp³-hybridized carbons (Fsp3) is 0.292. The summed E-state index contributed by atoms with van der Waals surface area (Å²) in [6, 6.07) is 14.8. The quantitative estimate of drug-likeness (QED) is 0.635. The van der Waals surface area contributed by atoms with Crippen LogP contribution in [-0.2, 0) is 21.1 Å². The lowest BCUT2D eigenvalue weighted by atomic mass is 10.1. The van der Waals surface area contributed by atoms with E-state index in [-0.39, 0.29) is 11.3 Å². The number of sulfone groups is 1. The van der Waals surface area contributed by atoms with E-state index >= 15 is 0 Å². The Morgan fingerprint density at radius 1 is 1.13 bits per heavy atom. The SMILES string of the molecule is C=CC(N1CCN(C=Cc2ccccc2)CC1)S(=O)(=O)c1cc(CC(=O)O)ccc1C. The molecule has 0 radical (unpaired) electrons. The number of hydrogen-bond acceptors (Lipinski definition) is 5. The van der Waals surface area contributed by atoms with Crippen LogP contribution in [0.4, 0.5) is 0 Å². The maximum Gasteiger partial charge on any atom is 0.307 e. The zero-order valence-electron chi connectivity index (χ0n) is 17.6. The highest BCUT2D eigenvalue weighted by Crippen LogP contribution is 2.25. The number of piperazine rings is 1. The fourth-order valence-electron chi connectivity index (χ4n) is 3.73. The summed E-state index contributed by atoms with van der Waals surface area (Å²) in [6.07, 6.45) is 5.35. The van der Waals surface area contributed by atoms with Crippen LogP contribution in [0.2, 0.25) is 0 Å². The van der Waals surface area contributed by atoms with Gasteiger partial charge in [-0.15, -0.1) is 6.58 Å². The molecule has 0 amide bonds. The van der Waals surface area contributed by atoms with Gasteiger partial charge in [0.1, 0.15) is 5.37 Å². The molecule has 1 heterocycles. The second kappa shape index (κ2) is 9.94. The number of aliphatic carboxylic acids is 1. The molecular weight excluding hydrogens is 412 g/mol. The summed E-state index contributed by atoms with van der Waals surface area (Å²) >= 11 is 0. The molecule has 2 aromatic rings. The van der Waals surface area contributed by atoms with Crippen LogP contribution in [-0.4, -0.2) is 60.8 Å². The Morgan fingerprint density at radius 3 is 2.42 bits per heavy atom. The molecule has 0 aliphatic carbocycles. The van der Waals surface area contributed by atoms with Gasteiger partial charge < -0.3 is 10.0 Å². The Labute approximate surface area is 184 Å². The van der Waals surface area contributed by atoms with Crippen LogP contribution in [0.3, 0.4) is 0 Å². The minimum atomic E-state index is -3.73. The van der Waals surface area contributed by atoms with E-state index in [9.17, 15) is 13.2 Å². The third-order valence-electron chi connectivity index (χ3n) is 5.42. The lowest BCUT2D eigenvalue weighted by Crippen LogP contribution is -2.50. The number of hydrogen-bond donors (Lipinski definition) is 1. The lowest BCUT2D eigenvalue weighted by Gasteiger charge is -2.37. The monoisotopic (exact) mass is 440 g/mol. The molecule has 1 saturated heterocycles. The number of carbonyl (C=O) groups is 1. The van der Waals surface area contributed by atoms with Gasteiger partial charge in [-0.3, -0.25) is 9.69 Å². The molecule has 7 heteroatoms. The molecule has 1 aliphatic heterocycles. The first-order valence-corrected chi connectivity index (χ1v) is 11.7. The molecule has 1 unspecified atom stereocenters. The molecule has 1 fully saturated rings. The second-order valence-electron chi connectivity index (χ2n) is 7.64. The molecule has 0 saturated carbocycles. The predicted molar refractivity (Wildman–Crippen MR) is 122 cm³/mol. The van der Waals surface area contributed by atoms with Crippen molar-refractivity contribution in [3.8, 4) is 0 Å². The van der Waals surface area contributed by atoms with Crippen LogP contribution < -0.4 is 0 Å². The Bertz CT molecular complexity index is 1060. The van der Waals surface area contributed by atoms with Gasteiger partial charge in [-0.1, -0.05) is 48.5 Å². The molecule has 1 aliphatic rings. The topological polar surface area (TPSA) is 77.9 Å². The Morgan fingerprint density at radius 2 is 1.81 bits per heavy atom. The smallest absolute Gasteiger partial charge is 0.307 e. The molecule has 31 heavy (non-hydrogen) atoms. The van der Waals surface area contributed by atoms with Gasteiger partial charge in [-0.05, 0) is 42.0 Å². The zero-order chi connectivity index (χ0) is 22.4. The highest BCUT2D eigenvalue weighted by Gasteiger charge is 2.33. The Hall–Kier alpha value is -2.90. The van der Waals surface area contributed by atoms with E-state index in [4.69, 9.17) is 5.11 Å². The molecular formula is C24H28N2O4S. The first-order chi connectivity index (χ1) is 14.8. The highest BCUT2D eigenvalue weighted by atomic mass is 32.2. The van der Waals surface area contributed by atoms with E-state index < -0.39 is 21.2 Å². The summed E-state index contributed by atoms with van der Waals surface area (Å²) in [4.78, 5) is 15.3. The number of nitrogens with zero attached hydrogens (tertiary/aromatic N) is 2. The van der Waals surface area contributed by atoms with Gasteiger partial charge in [0, 0.05) is 26.2 Å². The van der Waals surface area contributed by atoms with Crippen molar-refractivity contribution >= 4 is 21.9 Å². The van der Waals surface area contributed by atoms with Gasteiger partial charge in [0.25, 0.3) is 0 Å². The Balaban J connectivity index is 1.73. The maximum atomic E-state index is 13.4. The highest BCUT2D eigenvalue weighted by molar-refractivity contribution is 7.92. The van der Waals surface area contributed by atoms with Gasteiger partial charge in [0.05, 0.1) is 11.3 Å². The molecule has 1 atom stereocenters. The summed E-state index contributed by atoms with van der Waals surface area (Å²) in [5, 5.41) is 8.19. The standard InChI is InChI=1S/C24H28N2O4S/c1-3-23(31(29,30)22-17-21(18-24(27)28)10-9-19(22)2)26-15-13-25(14-16-26)12-11-20-7-5-4-6-8-20/h3-12,17,23H,1,13-16,18H2,2H3,(H,27,28). The predicted octanol–water partition coefficient (Wildman–Crippen LogP) is 3.20.